The third kappa shape index (κ3) is 4.83. The Labute approximate surface area is 205 Å². The topological polar surface area (TPSA) is 91.3 Å². The number of aromatic amines is 1. The molecule has 172 valence electrons. The van der Waals surface area contributed by atoms with E-state index in [1.165, 1.54) is 16.0 Å². The summed E-state index contributed by atoms with van der Waals surface area (Å²) < 4.78 is 1.49. The minimum atomic E-state index is -0.509. The predicted molar refractivity (Wildman–Crippen MR) is 140 cm³/mol. The molecule has 0 bridgehead atoms. The van der Waals surface area contributed by atoms with Crippen LogP contribution in [-0.4, -0.2) is 21.5 Å². The van der Waals surface area contributed by atoms with Crippen molar-refractivity contribution < 1.29 is 4.79 Å². The molecular formula is C27H21N5O2S. The Morgan fingerprint density at radius 3 is 2.14 bits per heavy atom. The fourth-order valence-electron chi connectivity index (χ4n) is 3.66. The summed E-state index contributed by atoms with van der Waals surface area (Å²) in [6.07, 6.45) is 0. The summed E-state index contributed by atoms with van der Waals surface area (Å²) in [5.74, 6) is 0. The predicted octanol–water partition coefficient (Wildman–Crippen LogP) is 5.47. The highest BCUT2D eigenvalue weighted by atomic mass is 32.1. The fraction of sp³-hybridized carbons (Fsp3) is 0. The molecule has 0 aliphatic rings. The van der Waals surface area contributed by atoms with Gasteiger partial charge in [-0.3, -0.25) is 9.89 Å². The van der Waals surface area contributed by atoms with Crippen molar-refractivity contribution in [2.24, 2.45) is 5.10 Å². The number of aromatic nitrogens is 2. The molecule has 5 rings (SSSR count). The molecular weight excluding hydrogens is 458 g/mol. The Balaban J connectivity index is 1.62. The Kier molecular flexibility index (Phi) is 6.36. The highest BCUT2D eigenvalue weighted by Crippen LogP contribution is 2.25. The van der Waals surface area contributed by atoms with Gasteiger partial charge in [0.25, 0.3) is 5.56 Å². The van der Waals surface area contributed by atoms with Gasteiger partial charge in [-0.1, -0.05) is 72.8 Å². The summed E-state index contributed by atoms with van der Waals surface area (Å²) in [5, 5.41) is 12.3. The van der Waals surface area contributed by atoms with Crippen LogP contribution in [-0.2, 0) is 0 Å². The molecule has 0 unspecified atom stereocenters. The fourth-order valence-corrected chi connectivity index (χ4v) is 4.38. The minimum Gasteiger partial charge on any atom is -0.307 e. The highest BCUT2D eigenvalue weighted by Gasteiger charge is 2.24. The van der Waals surface area contributed by atoms with E-state index in [0.29, 0.717) is 28.3 Å². The van der Waals surface area contributed by atoms with E-state index in [9.17, 15) is 9.59 Å². The molecule has 8 heteroatoms. The molecule has 0 radical (unpaired) electrons. The summed E-state index contributed by atoms with van der Waals surface area (Å²) in [7, 11) is 0. The van der Waals surface area contributed by atoms with E-state index < -0.39 is 6.03 Å². The van der Waals surface area contributed by atoms with Crippen molar-refractivity contribution in [2.75, 3.05) is 5.32 Å². The number of thiophene rings is 1. The second-order valence-electron chi connectivity index (χ2n) is 7.57. The number of anilines is 1. The van der Waals surface area contributed by atoms with Crippen molar-refractivity contribution in [1.82, 2.24) is 15.2 Å². The van der Waals surface area contributed by atoms with Crippen LogP contribution in [0.2, 0.25) is 0 Å². The Morgan fingerprint density at radius 2 is 1.49 bits per heavy atom. The largest absolute Gasteiger partial charge is 0.339 e. The van der Waals surface area contributed by atoms with Gasteiger partial charge < -0.3 is 5.32 Å². The van der Waals surface area contributed by atoms with Crippen molar-refractivity contribution >= 4 is 28.8 Å². The molecule has 3 aromatic carbocycles. The minimum absolute atomic E-state index is 0.271. The third-order valence-electron chi connectivity index (χ3n) is 5.26. The lowest BCUT2D eigenvalue weighted by Gasteiger charge is -2.07. The molecule has 2 amide bonds. The van der Waals surface area contributed by atoms with Crippen LogP contribution in [0.3, 0.4) is 0 Å². The average Bonchev–Trinajstić information content (AvgIpc) is 3.55. The highest BCUT2D eigenvalue weighted by molar-refractivity contribution is 7.12. The second kappa shape index (κ2) is 10.1. The van der Waals surface area contributed by atoms with Crippen LogP contribution in [0.4, 0.5) is 10.5 Å². The lowest BCUT2D eigenvalue weighted by molar-refractivity contribution is 0.252. The van der Waals surface area contributed by atoms with E-state index in [0.717, 1.165) is 10.4 Å². The summed E-state index contributed by atoms with van der Waals surface area (Å²) >= 11 is 1.43. The maximum atomic E-state index is 13.8. The Morgan fingerprint density at radius 1 is 0.829 bits per heavy atom. The van der Waals surface area contributed by atoms with Gasteiger partial charge in [-0.05, 0) is 35.7 Å². The number of hydrogen-bond acceptors (Lipinski definition) is 4. The first-order valence-electron chi connectivity index (χ1n) is 10.9. The van der Waals surface area contributed by atoms with E-state index in [4.69, 9.17) is 0 Å². The quantitative estimate of drug-likeness (QED) is 0.223. The van der Waals surface area contributed by atoms with Gasteiger partial charge in [0.2, 0.25) is 0 Å². The van der Waals surface area contributed by atoms with Gasteiger partial charge in [0.15, 0.2) is 0 Å². The smallest absolute Gasteiger partial charge is 0.307 e. The molecule has 0 saturated heterocycles. The van der Waals surface area contributed by atoms with Crippen LogP contribution < -0.4 is 16.3 Å². The number of carbonyl (C=O) groups is 1. The van der Waals surface area contributed by atoms with Crippen LogP contribution in [0.25, 0.3) is 16.9 Å². The van der Waals surface area contributed by atoms with Gasteiger partial charge in [0.05, 0.1) is 21.8 Å². The number of hydrogen-bond donors (Lipinski definition) is 3. The molecule has 0 aliphatic carbocycles. The van der Waals surface area contributed by atoms with Crippen molar-refractivity contribution in [3.8, 4) is 16.9 Å². The molecule has 3 N–H and O–H groups in total. The summed E-state index contributed by atoms with van der Waals surface area (Å²) in [6.45, 7) is 0. The van der Waals surface area contributed by atoms with Crippen molar-refractivity contribution in [3.05, 3.63) is 129 Å². The molecule has 0 fully saturated rings. The number of rotatable bonds is 6. The van der Waals surface area contributed by atoms with Crippen LogP contribution in [0, 0.1) is 0 Å². The monoisotopic (exact) mass is 479 g/mol. The molecule has 0 saturated carbocycles. The lowest BCUT2D eigenvalue weighted by atomic mass is 10.0. The maximum absolute atomic E-state index is 13.8. The van der Waals surface area contributed by atoms with Gasteiger partial charge in [0.1, 0.15) is 5.71 Å². The average molecular weight is 480 g/mol. The van der Waals surface area contributed by atoms with Gasteiger partial charge in [-0.25, -0.2) is 14.9 Å². The van der Waals surface area contributed by atoms with Gasteiger partial charge in [-0.2, -0.15) is 5.10 Å². The zero-order chi connectivity index (χ0) is 24.0. The van der Waals surface area contributed by atoms with Crippen LogP contribution >= 0.6 is 11.3 Å². The first-order valence-corrected chi connectivity index (χ1v) is 11.8. The summed E-state index contributed by atoms with van der Waals surface area (Å²) in [5.41, 5.74) is 5.79. The van der Waals surface area contributed by atoms with Crippen molar-refractivity contribution in [2.45, 2.75) is 0 Å². The van der Waals surface area contributed by atoms with Crippen molar-refractivity contribution in [1.29, 1.82) is 0 Å². The maximum Gasteiger partial charge on any atom is 0.339 e. The zero-order valence-electron chi connectivity index (χ0n) is 18.5. The second-order valence-corrected chi connectivity index (χ2v) is 8.52. The van der Waals surface area contributed by atoms with E-state index in [1.807, 2.05) is 96.4 Å². The molecule has 0 atom stereocenters. The number of nitrogens with one attached hydrogen (secondary N) is 3. The number of amides is 2. The molecule has 7 nitrogen and oxygen atoms in total. The first kappa shape index (κ1) is 22.1. The summed E-state index contributed by atoms with van der Waals surface area (Å²) in [4.78, 5) is 27.1. The Hall–Kier alpha value is -4.69. The molecule has 2 heterocycles. The van der Waals surface area contributed by atoms with E-state index in [2.05, 4.69) is 20.9 Å². The molecule has 5 aromatic rings. The molecule has 35 heavy (non-hydrogen) atoms. The number of para-hydroxylation sites is 2. The number of urea groups is 1. The van der Waals surface area contributed by atoms with Gasteiger partial charge >= 0.3 is 6.03 Å². The van der Waals surface area contributed by atoms with Crippen LogP contribution in [0.1, 0.15) is 10.4 Å². The number of H-pyrrole nitrogens is 1. The van der Waals surface area contributed by atoms with Gasteiger partial charge in [0, 0.05) is 11.3 Å². The number of benzene rings is 3. The molecule has 0 spiro atoms. The zero-order valence-corrected chi connectivity index (χ0v) is 19.3. The van der Waals surface area contributed by atoms with Crippen LogP contribution in [0.15, 0.2) is 118 Å². The molecule has 0 aliphatic heterocycles. The molecule has 2 aromatic heterocycles. The Bertz CT molecular complexity index is 1510. The standard InChI is InChI=1S/C27H21N5O2S/c33-26-23(24(19-11-4-1-5-12-19)31-32(26)21-15-8-3-9-16-21)25(22-17-10-18-35-22)29-30-27(34)28-20-13-6-2-7-14-20/h1-18,31H,(H2,28,30,34)/b29-25+. The van der Waals surface area contributed by atoms with Gasteiger partial charge in [-0.15, -0.1) is 11.3 Å². The third-order valence-corrected chi connectivity index (χ3v) is 6.14. The normalized spacial score (nSPS) is 11.3. The van der Waals surface area contributed by atoms with E-state index in [1.54, 1.807) is 12.1 Å². The van der Waals surface area contributed by atoms with E-state index >= 15 is 0 Å². The van der Waals surface area contributed by atoms with Crippen molar-refractivity contribution in [3.63, 3.8) is 0 Å². The van der Waals surface area contributed by atoms with Crippen LogP contribution in [0.5, 0.6) is 0 Å². The number of hydrazone groups is 1. The SMILES string of the molecule is O=C(N/N=C(\c1cccs1)c1c(-c2ccccc2)[nH]n(-c2ccccc2)c1=O)Nc1ccccc1. The summed E-state index contributed by atoms with van der Waals surface area (Å²) in [6, 6.07) is 31.2. The number of carbonyl (C=O) groups excluding carboxylic acids is 1. The first-order chi connectivity index (χ1) is 17.2. The van der Waals surface area contributed by atoms with E-state index in [-0.39, 0.29) is 5.56 Å². The lowest BCUT2D eigenvalue weighted by Crippen LogP contribution is -2.27. The number of nitrogens with zero attached hydrogens (tertiary/aromatic N) is 2.